The molecule has 1 N–H and O–H groups in total. The lowest BCUT2D eigenvalue weighted by Crippen LogP contribution is -2.59. The van der Waals surface area contributed by atoms with Gasteiger partial charge < -0.3 is 14.8 Å². The summed E-state index contributed by atoms with van der Waals surface area (Å²) in [6.45, 7) is 0. The Morgan fingerprint density at radius 3 is 2.61 bits per heavy atom. The smallest absolute Gasteiger partial charge is 0.331 e. The third-order valence-electron chi connectivity index (χ3n) is 3.31. The van der Waals surface area contributed by atoms with Crippen LogP contribution >= 0.6 is 11.6 Å². The topological polar surface area (TPSA) is 47.6 Å². The molecule has 0 aliphatic heterocycles. The van der Waals surface area contributed by atoms with Gasteiger partial charge in [-0.3, -0.25) is 0 Å². The number of hydrogen-bond donors (Lipinski definition) is 1. The Kier molecular flexibility index (Phi) is 3.78. The number of ether oxygens (including phenoxy) is 2. The van der Waals surface area contributed by atoms with Crippen molar-refractivity contribution in [3.63, 3.8) is 0 Å². The highest BCUT2D eigenvalue weighted by Gasteiger charge is 2.52. The van der Waals surface area contributed by atoms with Crippen molar-refractivity contribution >= 4 is 23.3 Å². The zero-order chi connectivity index (χ0) is 13.2. The van der Waals surface area contributed by atoms with E-state index >= 15 is 0 Å². The van der Waals surface area contributed by atoms with Crippen LogP contribution in [0.25, 0.3) is 0 Å². The molecule has 1 saturated carbocycles. The lowest BCUT2D eigenvalue weighted by molar-refractivity contribution is -0.154. The second kappa shape index (κ2) is 5.16. The van der Waals surface area contributed by atoms with E-state index in [1.807, 2.05) is 18.2 Å². The molecule has 0 aromatic heterocycles. The summed E-state index contributed by atoms with van der Waals surface area (Å²) in [5, 5.41) is 3.77. The maximum atomic E-state index is 11.9. The number of para-hydroxylation sites is 1. The van der Waals surface area contributed by atoms with Gasteiger partial charge in [0.1, 0.15) is 5.54 Å². The minimum absolute atomic E-state index is 0.0825. The van der Waals surface area contributed by atoms with Crippen molar-refractivity contribution < 1.29 is 14.3 Å². The van der Waals surface area contributed by atoms with Crippen molar-refractivity contribution in [3.8, 4) is 0 Å². The molecule has 1 aliphatic carbocycles. The van der Waals surface area contributed by atoms with Gasteiger partial charge >= 0.3 is 5.97 Å². The molecule has 98 valence electrons. The molecule has 0 unspecified atom stereocenters. The van der Waals surface area contributed by atoms with E-state index in [-0.39, 0.29) is 12.1 Å². The van der Waals surface area contributed by atoms with E-state index in [1.54, 1.807) is 13.2 Å². The van der Waals surface area contributed by atoms with Gasteiger partial charge in [0.2, 0.25) is 0 Å². The van der Waals surface area contributed by atoms with Gasteiger partial charge in [0.25, 0.3) is 0 Å². The Morgan fingerprint density at radius 2 is 2.06 bits per heavy atom. The summed E-state index contributed by atoms with van der Waals surface area (Å²) in [4.78, 5) is 11.9. The van der Waals surface area contributed by atoms with Crippen LogP contribution in [0.1, 0.15) is 12.8 Å². The maximum Gasteiger partial charge on any atom is 0.331 e. The predicted molar refractivity (Wildman–Crippen MR) is 69.9 cm³/mol. The second-order valence-electron chi connectivity index (χ2n) is 4.44. The van der Waals surface area contributed by atoms with Crippen molar-refractivity contribution in [2.45, 2.75) is 24.5 Å². The quantitative estimate of drug-likeness (QED) is 0.853. The molecule has 4 nitrogen and oxygen atoms in total. The predicted octanol–water partition coefficient (Wildman–Crippen LogP) is 2.47. The Bertz CT molecular complexity index is 444. The Morgan fingerprint density at radius 1 is 1.39 bits per heavy atom. The highest BCUT2D eigenvalue weighted by molar-refractivity contribution is 6.33. The van der Waals surface area contributed by atoms with E-state index in [1.165, 1.54) is 7.11 Å². The van der Waals surface area contributed by atoms with Gasteiger partial charge in [-0.2, -0.15) is 0 Å². The Balaban J connectivity index is 2.17. The minimum atomic E-state index is -0.722. The number of carbonyl (C=O) groups is 1. The van der Waals surface area contributed by atoms with Crippen molar-refractivity contribution in [1.82, 2.24) is 0 Å². The van der Waals surface area contributed by atoms with Gasteiger partial charge in [-0.15, -0.1) is 0 Å². The highest BCUT2D eigenvalue weighted by Crippen LogP contribution is 2.39. The number of methoxy groups -OCH3 is 2. The van der Waals surface area contributed by atoms with Crippen molar-refractivity contribution in [3.05, 3.63) is 29.3 Å². The van der Waals surface area contributed by atoms with Crippen LogP contribution in [-0.2, 0) is 14.3 Å². The van der Waals surface area contributed by atoms with Gasteiger partial charge in [-0.1, -0.05) is 23.7 Å². The molecule has 1 fully saturated rings. The van der Waals surface area contributed by atoms with Crippen molar-refractivity contribution in [2.75, 3.05) is 19.5 Å². The molecule has 0 radical (unpaired) electrons. The van der Waals surface area contributed by atoms with E-state index < -0.39 is 5.54 Å². The van der Waals surface area contributed by atoms with Gasteiger partial charge in [0.05, 0.1) is 23.9 Å². The molecule has 0 atom stereocenters. The molecule has 1 aromatic carbocycles. The van der Waals surface area contributed by atoms with Crippen LogP contribution in [0.15, 0.2) is 24.3 Å². The summed E-state index contributed by atoms with van der Waals surface area (Å²) in [7, 11) is 3.03. The van der Waals surface area contributed by atoms with Crippen LogP contribution in [-0.4, -0.2) is 31.8 Å². The summed E-state index contributed by atoms with van der Waals surface area (Å²) in [6, 6.07) is 7.33. The minimum Gasteiger partial charge on any atom is -0.467 e. The summed E-state index contributed by atoms with van der Waals surface area (Å²) < 4.78 is 10.1. The fourth-order valence-corrected chi connectivity index (χ4v) is 2.40. The van der Waals surface area contributed by atoms with E-state index in [0.717, 1.165) is 5.69 Å². The number of anilines is 1. The first-order valence-corrected chi connectivity index (χ1v) is 6.13. The summed E-state index contributed by atoms with van der Waals surface area (Å²) in [5.41, 5.74) is 0.0135. The average Bonchev–Trinajstić information content (AvgIpc) is 2.34. The molecular weight excluding hydrogens is 254 g/mol. The number of carbonyl (C=O) groups excluding carboxylic acids is 1. The zero-order valence-corrected chi connectivity index (χ0v) is 11.2. The number of hydrogen-bond acceptors (Lipinski definition) is 4. The Labute approximate surface area is 111 Å². The van der Waals surface area contributed by atoms with Crippen LogP contribution in [0.4, 0.5) is 5.69 Å². The Hall–Kier alpha value is -1.26. The number of rotatable bonds is 4. The van der Waals surface area contributed by atoms with E-state index in [0.29, 0.717) is 17.9 Å². The molecule has 2 rings (SSSR count). The number of halogens is 1. The van der Waals surface area contributed by atoms with Crippen LogP contribution in [0.2, 0.25) is 5.02 Å². The number of esters is 1. The summed E-state index contributed by atoms with van der Waals surface area (Å²) >= 11 is 6.08. The average molecular weight is 270 g/mol. The standard InChI is InChI=1S/C13H16ClNO3/c1-17-9-7-13(8-9,12(16)18-2)15-11-6-4-3-5-10(11)14/h3-6,9,15H,7-8H2,1-2H3. The molecule has 18 heavy (non-hydrogen) atoms. The third-order valence-corrected chi connectivity index (χ3v) is 3.64. The molecule has 0 amide bonds. The first-order valence-electron chi connectivity index (χ1n) is 5.75. The normalized spacial score (nSPS) is 26.3. The molecule has 1 aliphatic rings. The lowest BCUT2D eigenvalue weighted by Gasteiger charge is -2.45. The highest BCUT2D eigenvalue weighted by atomic mass is 35.5. The second-order valence-corrected chi connectivity index (χ2v) is 4.85. The SMILES string of the molecule is COC(=O)C1(Nc2ccccc2Cl)CC(OC)C1. The van der Waals surface area contributed by atoms with Crippen LogP contribution in [0.3, 0.4) is 0 Å². The molecule has 0 heterocycles. The van der Waals surface area contributed by atoms with Crippen LogP contribution in [0, 0.1) is 0 Å². The number of nitrogens with one attached hydrogen (secondary N) is 1. The van der Waals surface area contributed by atoms with Gasteiger partial charge in [0, 0.05) is 20.0 Å². The van der Waals surface area contributed by atoms with Crippen molar-refractivity contribution in [1.29, 1.82) is 0 Å². The van der Waals surface area contributed by atoms with E-state index in [4.69, 9.17) is 21.1 Å². The lowest BCUT2D eigenvalue weighted by atomic mass is 9.74. The number of benzene rings is 1. The first kappa shape index (κ1) is 13.2. The van der Waals surface area contributed by atoms with E-state index in [2.05, 4.69) is 5.32 Å². The molecule has 5 heteroatoms. The fourth-order valence-electron chi connectivity index (χ4n) is 2.22. The first-order chi connectivity index (χ1) is 8.61. The molecule has 1 aromatic rings. The van der Waals surface area contributed by atoms with E-state index in [9.17, 15) is 4.79 Å². The van der Waals surface area contributed by atoms with Gasteiger partial charge in [-0.05, 0) is 12.1 Å². The molecular formula is C13H16ClNO3. The monoisotopic (exact) mass is 269 g/mol. The van der Waals surface area contributed by atoms with Crippen LogP contribution in [0.5, 0.6) is 0 Å². The molecule has 0 bridgehead atoms. The summed E-state index contributed by atoms with van der Waals surface area (Å²) in [6.07, 6.45) is 1.25. The maximum absolute atomic E-state index is 11.9. The molecule has 0 spiro atoms. The summed E-state index contributed by atoms with van der Waals surface area (Å²) in [5.74, 6) is -0.282. The van der Waals surface area contributed by atoms with Crippen LogP contribution < -0.4 is 5.32 Å². The fraction of sp³-hybridized carbons (Fsp3) is 0.462. The van der Waals surface area contributed by atoms with Crippen molar-refractivity contribution in [2.24, 2.45) is 0 Å². The van der Waals surface area contributed by atoms with Gasteiger partial charge in [0.15, 0.2) is 0 Å². The third kappa shape index (κ3) is 2.31. The molecule has 0 saturated heterocycles. The largest absolute Gasteiger partial charge is 0.467 e. The zero-order valence-electron chi connectivity index (χ0n) is 10.4. The van der Waals surface area contributed by atoms with Gasteiger partial charge in [-0.25, -0.2) is 4.79 Å².